The fourth-order valence-corrected chi connectivity index (χ4v) is 3.81. The maximum atomic E-state index is 14.1. The molecule has 0 spiro atoms. The van der Waals surface area contributed by atoms with Gasteiger partial charge in [0, 0.05) is 37.4 Å². The lowest BCUT2D eigenvalue weighted by molar-refractivity contribution is 0.0688. The molecule has 188 valence electrons. The van der Waals surface area contributed by atoms with Gasteiger partial charge in [0.15, 0.2) is 11.7 Å². The minimum atomic E-state index is -1.22. The summed E-state index contributed by atoms with van der Waals surface area (Å²) < 4.78 is 21.3. The lowest BCUT2D eigenvalue weighted by Gasteiger charge is -2.19. The maximum Gasteiger partial charge on any atom is 0.277 e. The lowest BCUT2D eigenvalue weighted by atomic mass is 10.1. The second kappa shape index (κ2) is 9.79. The first kappa shape index (κ1) is 25.5. The van der Waals surface area contributed by atoms with Gasteiger partial charge in [-0.15, -0.1) is 0 Å². The third-order valence-electron chi connectivity index (χ3n) is 5.54. The molecule has 1 aliphatic heterocycles. The Labute approximate surface area is 212 Å². The van der Waals surface area contributed by atoms with Gasteiger partial charge in [0.05, 0.1) is 17.1 Å². The monoisotopic (exact) mass is 512 g/mol. The number of ether oxygens (including phenoxy) is 1. The number of hydrogen-bond donors (Lipinski definition) is 1. The van der Waals surface area contributed by atoms with Crippen LogP contribution in [0.2, 0.25) is 5.02 Å². The predicted molar refractivity (Wildman–Crippen MR) is 135 cm³/mol. The number of aliphatic imine (C=N–C) groups is 1. The van der Waals surface area contributed by atoms with Gasteiger partial charge in [0.1, 0.15) is 35.4 Å². The Balaban J connectivity index is 1.69. The number of nitrogens with zero attached hydrogens (tertiary/aromatic N) is 6. The molecule has 3 aromatic rings. The topological polar surface area (TPSA) is 106 Å². The van der Waals surface area contributed by atoms with Crippen LogP contribution in [0.4, 0.5) is 4.39 Å². The van der Waals surface area contributed by atoms with Crippen molar-refractivity contribution in [2.45, 2.75) is 33.3 Å². The Bertz CT molecular complexity index is 1440. The summed E-state index contributed by atoms with van der Waals surface area (Å²) in [5, 5.41) is 10.1. The molecule has 3 aromatic heterocycles. The quantitative estimate of drug-likeness (QED) is 0.536. The fourth-order valence-electron chi connectivity index (χ4n) is 3.62. The van der Waals surface area contributed by atoms with Crippen molar-refractivity contribution < 1.29 is 14.2 Å². The minimum Gasteiger partial charge on any atom is -0.485 e. The van der Waals surface area contributed by atoms with Crippen molar-refractivity contribution in [1.82, 2.24) is 24.4 Å². The van der Waals surface area contributed by atoms with Crippen LogP contribution < -0.4 is 10.3 Å². The zero-order chi connectivity index (χ0) is 26.2. The SMILES string of the molecule is Cc1cnc(-c2ccnc(C(C)(C)O)n2)cc1-n1c(C)cc(OCC2=NCN(C)C=C2F)c(Cl)c1=O. The Hall–Kier alpha value is -3.63. The van der Waals surface area contributed by atoms with Crippen LogP contribution in [0.25, 0.3) is 17.1 Å². The summed E-state index contributed by atoms with van der Waals surface area (Å²) in [7, 11) is 1.71. The van der Waals surface area contributed by atoms with Gasteiger partial charge in [-0.3, -0.25) is 19.3 Å². The molecule has 4 heterocycles. The average Bonchev–Trinajstić information content (AvgIpc) is 2.82. The molecule has 0 saturated heterocycles. The van der Waals surface area contributed by atoms with Crippen LogP contribution in [0.1, 0.15) is 30.9 Å². The number of aryl methyl sites for hydroxylation is 2. The molecule has 11 heteroatoms. The molecule has 36 heavy (non-hydrogen) atoms. The first-order valence-electron chi connectivity index (χ1n) is 11.1. The summed E-state index contributed by atoms with van der Waals surface area (Å²) in [5.74, 6) is -0.105. The first-order valence-corrected chi connectivity index (χ1v) is 11.5. The number of halogens is 2. The van der Waals surface area contributed by atoms with Gasteiger partial charge in [0.2, 0.25) is 0 Å². The Morgan fingerprint density at radius 1 is 1.22 bits per heavy atom. The standard InChI is InChI=1S/C25H26ClFN6O3/c1-14-10-29-18(17-6-7-28-24(31-17)25(3,4)35)9-20(14)33-15(2)8-21(22(26)23(33)34)36-12-19-16(27)11-32(5)13-30-19/h6-11,35H,12-13H2,1-5H3. The highest BCUT2D eigenvalue weighted by atomic mass is 35.5. The van der Waals surface area contributed by atoms with Gasteiger partial charge in [-0.05, 0) is 45.4 Å². The van der Waals surface area contributed by atoms with Crippen LogP contribution in [0, 0.1) is 13.8 Å². The van der Waals surface area contributed by atoms with Gasteiger partial charge in [-0.1, -0.05) is 11.6 Å². The van der Waals surface area contributed by atoms with E-state index in [1.807, 2.05) is 6.92 Å². The van der Waals surface area contributed by atoms with Crippen molar-refractivity contribution in [3.8, 4) is 22.8 Å². The van der Waals surface area contributed by atoms with Crippen molar-refractivity contribution in [3.05, 3.63) is 75.1 Å². The minimum absolute atomic E-state index is 0.136. The van der Waals surface area contributed by atoms with Crippen LogP contribution in [0.3, 0.4) is 0 Å². The first-order chi connectivity index (χ1) is 17.0. The third kappa shape index (κ3) is 5.14. The van der Waals surface area contributed by atoms with Crippen molar-refractivity contribution in [2.75, 3.05) is 20.3 Å². The summed E-state index contributed by atoms with van der Waals surface area (Å²) in [6.07, 6.45) is 4.51. The van der Waals surface area contributed by atoms with Gasteiger partial charge in [-0.2, -0.15) is 0 Å². The number of aliphatic hydroxyl groups is 1. The molecule has 4 rings (SSSR count). The van der Waals surface area contributed by atoms with Crippen molar-refractivity contribution in [2.24, 2.45) is 4.99 Å². The molecule has 0 radical (unpaired) electrons. The number of pyridine rings is 2. The van der Waals surface area contributed by atoms with Gasteiger partial charge in [-0.25, -0.2) is 14.4 Å². The molecule has 1 aliphatic rings. The highest BCUT2D eigenvalue weighted by Gasteiger charge is 2.22. The summed E-state index contributed by atoms with van der Waals surface area (Å²) in [6.45, 7) is 6.92. The van der Waals surface area contributed by atoms with E-state index in [-0.39, 0.29) is 28.9 Å². The van der Waals surface area contributed by atoms with Crippen molar-refractivity contribution >= 4 is 17.3 Å². The normalized spacial score (nSPS) is 13.9. The zero-order valence-electron chi connectivity index (χ0n) is 20.6. The molecule has 0 saturated carbocycles. The van der Waals surface area contributed by atoms with Crippen LogP contribution in [-0.2, 0) is 5.60 Å². The van der Waals surface area contributed by atoms with E-state index in [9.17, 15) is 14.3 Å². The number of rotatable bonds is 6. The highest BCUT2D eigenvalue weighted by Crippen LogP contribution is 2.27. The predicted octanol–water partition coefficient (Wildman–Crippen LogP) is 3.72. The molecule has 0 unspecified atom stereocenters. The van der Waals surface area contributed by atoms with E-state index in [2.05, 4.69) is 19.9 Å². The zero-order valence-corrected chi connectivity index (χ0v) is 21.3. The molecular formula is C25H26ClFN6O3. The molecule has 0 aliphatic carbocycles. The molecule has 0 atom stereocenters. The third-order valence-corrected chi connectivity index (χ3v) is 5.89. The Morgan fingerprint density at radius 3 is 2.67 bits per heavy atom. The maximum absolute atomic E-state index is 14.1. The Morgan fingerprint density at radius 2 is 1.97 bits per heavy atom. The van der Waals surface area contributed by atoms with Gasteiger partial charge in [0.25, 0.3) is 5.56 Å². The summed E-state index contributed by atoms with van der Waals surface area (Å²) in [6, 6.07) is 5.03. The van der Waals surface area contributed by atoms with Crippen LogP contribution >= 0.6 is 11.6 Å². The van der Waals surface area contributed by atoms with Crippen LogP contribution in [-0.4, -0.2) is 55.6 Å². The van der Waals surface area contributed by atoms with E-state index in [4.69, 9.17) is 16.3 Å². The van der Waals surface area contributed by atoms with Gasteiger partial charge >= 0.3 is 0 Å². The van der Waals surface area contributed by atoms with E-state index in [0.29, 0.717) is 29.4 Å². The molecule has 0 bridgehead atoms. The smallest absolute Gasteiger partial charge is 0.277 e. The van der Waals surface area contributed by atoms with E-state index in [1.54, 1.807) is 63.3 Å². The number of aromatic nitrogens is 4. The number of hydrogen-bond acceptors (Lipinski definition) is 8. The largest absolute Gasteiger partial charge is 0.485 e. The van der Waals surface area contributed by atoms with Gasteiger partial charge < -0.3 is 14.7 Å². The molecule has 9 nitrogen and oxygen atoms in total. The lowest BCUT2D eigenvalue weighted by Crippen LogP contribution is -2.25. The van der Waals surface area contributed by atoms with E-state index >= 15 is 0 Å². The van der Waals surface area contributed by atoms with E-state index in [0.717, 1.165) is 5.56 Å². The highest BCUT2D eigenvalue weighted by molar-refractivity contribution is 6.31. The molecule has 0 fully saturated rings. The molecular weight excluding hydrogens is 487 g/mol. The molecule has 1 N–H and O–H groups in total. The second-order valence-electron chi connectivity index (χ2n) is 9.05. The summed E-state index contributed by atoms with van der Waals surface area (Å²) in [5.41, 5.74) is 1.28. The molecule has 0 amide bonds. The fraction of sp³-hybridized carbons (Fsp3) is 0.320. The molecule has 0 aromatic carbocycles. The van der Waals surface area contributed by atoms with Crippen LogP contribution in [0.5, 0.6) is 5.75 Å². The summed E-state index contributed by atoms with van der Waals surface area (Å²) >= 11 is 6.40. The van der Waals surface area contributed by atoms with Crippen LogP contribution in [0.15, 0.2) is 52.4 Å². The Kier molecular flexibility index (Phi) is 6.92. The second-order valence-corrected chi connectivity index (χ2v) is 9.43. The van der Waals surface area contributed by atoms with E-state index < -0.39 is 17.0 Å². The van der Waals surface area contributed by atoms with Crippen molar-refractivity contribution in [1.29, 1.82) is 0 Å². The summed E-state index contributed by atoms with van der Waals surface area (Å²) in [4.78, 5) is 32.1. The van der Waals surface area contributed by atoms with Crippen molar-refractivity contribution in [3.63, 3.8) is 0 Å². The van der Waals surface area contributed by atoms with E-state index in [1.165, 1.54) is 10.8 Å². The average molecular weight is 513 g/mol.